The van der Waals surface area contributed by atoms with Gasteiger partial charge in [-0.25, -0.2) is 0 Å². The van der Waals surface area contributed by atoms with Crippen molar-refractivity contribution in [3.63, 3.8) is 0 Å². The van der Waals surface area contributed by atoms with Gasteiger partial charge in [-0.15, -0.1) is 0 Å². The smallest absolute Gasteiger partial charge is 0.233 e. The number of hydrogen-bond donors (Lipinski definition) is 2. The number of hydrogen-bond acceptors (Lipinski definition) is 2. The Balaban J connectivity index is 1.79. The van der Waals surface area contributed by atoms with Crippen molar-refractivity contribution >= 4 is 29.1 Å². The minimum absolute atomic E-state index is 0.207. The fraction of sp³-hybridized carbons (Fsp3) is 0.176. The molecule has 0 unspecified atom stereocenters. The van der Waals surface area contributed by atoms with Gasteiger partial charge < -0.3 is 10.6 Å². The Labute approximate surface area is 134 Å². The lowest BCUT2D eigenvalue weighted by atomic mass is 10.2. The molecule has 22 heavy (non-hydrogen) atoms. The molecule has 0 heterocycles. The molecule has 0 saturated heterocycles. The van der Waals surface area contributed by atoms with Crippen LogP contribution in [0, 0.1) is 6.92 Å². The highest BCUT2D eigenvalue weighted by molar-refractivity contribution is 6.30. The summed E-state index contributed by atoms with van der Waals surface area (Å²) in [6, 6.07) is 14.6. The summed E-state index contributed by atoms with van der Waals surface area (Å²) in [7, 11) is 0. The van der Waals surface area contributed by atoms with Gasteiger partial charge in [0.2, 0.25) is 11.8 Å². The Hall–Kier alpha value is -2.33. The highest BCUT2D eigenvalue weighted by atomic mass is 35.5. The standard InChI is InChI=1S/C17H17ClN2O2/c1-12-3-2-4-15(9-12)20-17(22)10-16(21)19-11-13-5-7-14(18)8-6-13/h2-9H,10-11H2,1H3,(H,19,21)(H,20,22). The SMILES string of the molecule is Cc1cccc(NC(=O)CC(=O)NCc2ccc(Cl)cc2)c1. The van der Waals surface area contributed by atoms with Gasteiger partial charge in [0.25, 0.3) is 0 Å². The second-order valence-electron chi connectivity index (χ2n) is 5.00. The molecule has 0 bridgehead atoms. The topological polar surface area (TPSA) is 58.2 Å². The molecule has 5 heteroatoms. The van der Waals surface area contributed by atoms with Crippen molar-refractivity contribution in [2.75, 3.05) is 5.32 Å². The van der Waals surface area contributed by atoms with Crippen molar-refractivity contribution < 1.29 is 9.59 Å². The first kappa shape index (κ1) is 16.0. The van der Waals surface area contributed by atoms with Gasteiger partial charge in [-0.2, -0.15) is 0 Å². The number of aryl methyl sites for hydroxylation is 1. The van der Waals surface area contributed by atoms with Gasteiger partial charge in [0, 0.05) is 17.3 Å². The van der Waals surface area contributed by atoms with E-state index in [9.17, 15) is 9.59 Å². The summed E-state index contributed by atoms with van der Waals surface area (Å²) in [4.78, 5) is 23.6. The third-order valence-corrected chi connectivity index (χ3v) is 3.28. The molecular weight excluding hydrogens is 300 g/mol. The molecule has 0 radical (unpaired) electrons. The molecule has 0 saturated carbocycles. The first-order valence-electron chi connectivity index (χ1n) is 6.90. The summed E-state index contributed by atoms with van der Waals surface area (Å²) in [5.41, 5.74) is 2.66. The lowest BCUT2D eigenvalue weighted by molar-refractivity contribution is -0.126. The quantitative estimate of drug-likeness (QED) is 0.832. The van der Waals surface area contributed by atoms with E-state index in [0.717, 1.165) is 11.1 Å². The average Bonchev–Trinajstić information content (AvgIpc) is 2.46. The number of anilines is 1. The molecule has 2 N–H and O–H groups in total. The maximum absolute atomic E-state index is 11.8. The van der Waals surface area contributed by atoms with E-state index >= 15 is 0 Å². The molecule has 2 aromatic rings. The number of amides is 2. The average molecular weight is 317 g/mol. The summed E-state index contributed by atoms with van der Waals surface area (Å²) in [5, 5.41) is 6.05. The first-order chi connectivity index (χ1) is 10.5. The lowest BCUT2D eigenvalue weighted by Gasteiger charge is -2.07. The van der Waals surface area contributed by atoms with Gasteiger partial charge in [-0.3, -0.25) is 9.59 Å². The fourth-order valence-corrected chi connectivity index (χ4v) is 2.07. The zero-order valence-electron chi connectivity index (χ0n) is 12.2. The Kier molecular flexibility index (Phi) is 5.55. The minimum atomic E-state index is -0.334. The highest BCUT2D eigenvalue weighted by Gasteiger charge is 2.09. The fourth-order valence-electron chi connectivity index (χ4n) is 1.94. The third kappa shape index (κ3) is 5.22. The summed E-state index contributed by atoms with van der Waals surface area (Å²) in [6.07, 6.45) is -0.207. The Morgan fingerprint density at radius 2 is 1.77 bits per heavy atom. The van der Waals surface area contributed by atoms with Crippen molar-refractivity contribution in [1.82, 2.24) is 5.32 Å². The van der Waals surface area contributed by atoms with Gasteiger partial charge >= 0.3 is 0 Å². The second-order valence-corrected chi connectivity index (χ2v) is 5.43. The molecule has 0 atom stereocenters. The molecule has 0 aliphatic carbocycles. The van der Waals surface area contributed by atoms with Crippen molar-refractivity contribution in [3.05, 3.63) is 64.7 Å². The van der Waals surface area contributed by atoms with Crippen LogP contribution in [0.15, 0.2) is 48.5 Å². The summed E-state index contributed by atoms with van der Waals surface area (Å²) < 4.78 is 0. The molecule has 2 rings (SSSR count). The van der Waals surface area contributed by atoms with Gasteiger partial charge in [0.05, 0.1) is 0 Å². The van der Waals surface area contributed by atoms with Crippen LogP contribution in [-0.2, 0) is 16.1 Å². The van der Waals surface area contributed by atoms with Crippen LogP contribution in [0.3, 0.4) is 0 Å². The Morgan fingerprint density at radius 3 is 2.45 bits per heavy atom. The number of rotatable bonds is 5. The van der Waals surface area contributed by atoms with Crippen molar-refractivity contribution in [2.45, 2.75) is 19.9 Å². The van der Waals surface area contributed by atoms with Crippen LogP contribution in [0.5, 0.6) is 0 Å². The monoisotopic (exact) mass is 316 g/mol. The van der Waals surface area contributed by atoms with Crippen molar-refractivity contribution in [2.24, 2.45) is 0 Å². The summed E-state index contributed by atoms with van der Waals surface area (Å²) in [6.45, 7) is 2.31. The molecule has 0 aliphatic heterocycles. The zero-order chi connectivity index (χ0) is 15.9. The van der Waals surface area contributed by atoms with Crippen LogP contribution in [0.1, 0.15) is 17.5 Å². The molecular formula is C17H17ClN2O2. The van der Waals surface area contributed by atoms with E-state index in [1.165, 1.54) is 0 Å². The van der Waals surface area contributed by atoms with Crippen LogP contribution in [0.4, 0.5) is 5.69 Å². The van der Waals surface area contributed by atoms with Gasteiger partial charge in [0.15, 0.2) is 0 Å². The van der Waals surface area contributed by atoms with Crippen LogP contribution in [-0.4, -0.2) is 11.8 Å². The number of nitrogens with one attached hydrogen (secondary N) is 2. The molecule has 0 aliphatic rings. The molecule has 2 amide bonds. The van der Waals surface area contributed by atoms with E-state index in [1.54, 1.807) is 18.2 Å². The minimum Gasteiger partial charge on any atom is -0.352 e. The lowest BCUT2D eigenvalue weighted by Crippen LogP contribution is -2.27. The number of halogens is 1. The summed E-state index contributed by atoms with van der Waals surface area (Å²) in [5.74, 6) is -0.653. The maximum Gasteiger partial charge on any atom is 0.233 e. The van der Waals surface area contributed by atoms with Crippen LogP contribution in [0.2, 0.25) is 5.02 Å². The van der Waals surface area contributed by atoms with E-state index in [-0.39, 0.29) is 18.2 Å². The Bertz CT molecular complexity index is 669. The molecule has 2 aromatic carbocycles. The van der Waals surface area contributed by atoms with E-state index < -0.39 is 0 Å². The predicted molar refractivity (Wildman–Crippen MR) is 87.7 cm³/mol. The molecule has 0 fully saturated rings. The summed E-state index contributed by atoms with van der Waals surface area (Å²) >= 11 is 5.79. The van der Waals surface area contributed by atoms with E-state index in [4.69, 9.17) is 11.6 Å². The molecule has 0 spiro atoms. The number of carbonyl (C=O) groups excluding carboxylic acids is 2. The maximum atomic E-state index is 11.8. The molecule has 0 aromatic heterocycles. The van der Waals surface area contributed by atoms with Crippen LogP contribution in [0.25, 0.3) is 0 Å². The van der Waals surface area contributed by atoms with Crippen LogP contribution < -0.4 is 10.6 Å². The second kappa shape index (κ2) is 7.61. The van der Waals surface area contributed by atoms with Crippen LogP contribution >= 0.6 is 11.6 Å². The zero-order valence-corrected chi connectivity index (χ0v) is 13.0. The number of benzene rings is 2. The Morgan fingerprint density at radius 1 is 1.05 bits per heavy atom. The van der Waals surface area contributed by atoms with Crippen molar-refractivity contribution in [1.29, 1.82) is 0 Å². The van der Waals surface area contributed by atoms with Crippen molar-refractivity contribution in [3.8, 4) is 0 Å². The van der Waals surface area contributed by atoms with Gasteiger partial charge in [-0.05, 0) is 42.3 Å². The normalized spacial score (nSPS) is 10.1. The first-order valence-corrected chi connectivity index (χ1v) is 7.28. The largest absolute Gasteiger partial charge is 0.352 e. The van der Waals surface area contributed by atoms with E-state index in [1.807, 2.05) is 37.3 Å². The number of carbonyl (C=O) groups is 2. The highest BCUT2D eigenvalue weighted by Crippen LogP contribution is 2.10. The third-order valence-electron chi connectivity index (χ3n) is 3.03. The molecule has 114 valence electrons. The van der Waals surface area contributed by atoms with E-state index in [2.05, 4.69) is 10.6 Å². The predicted octanol–water partition coefficient (Wildman–Crippen LogP) is 3.29. The van der Waals surface area contributed by atoms with E-state index in [0.29, 0.717) is 17.3 Å². The van der Waals surface area contributed by atoms with Gasteiger partial charge in [0.1, 0.15) is 6.42 Å². The van der Waals surface area contributed by atoms with Gasteiger partial charge in [-0.1, -0.05) is 35.9 Å². The molecule has 4 nitrogen and oxygen atoms in total.